The Morgan fingerprint density at radius 3 is 2.93 bits per heavy atom. The van der Waals surface area contributed by atoms with Crippen LogP contribution in [0, 0.1) is 6.92 Å². The molecule has 2 aromatic rings. The zero-order valence-corrected chi connectivity index (χ0v) is 16.4. The first-order chi connectivity index (χ1) is 13.6. The predicted octanol–water partition coefficient (Wildman–Crippen LogP) is 3.69. The monoisotopic (exact) mass is 376 g/mol. The van der Waals surface area contributed by atoms with Crippen LogP contribution in [0.3, 0.4) is 0 Å². The molecule has 2 aliphatic heterocycles. The number of carbonyl (C=O) groups excluding carboxylic acids is 1. The molecule has 0 bridgehead atoms. The second-order valence-electron chi connectivity index (χ2n) is 7.65. The first-order valence-electron chi connectivity index (χ1n) is 9.82. The standard InChI is InChI=1S/C23H24N2O3/c1-4-28-22(26)18-15-9-8-14(27-3)12-16(15)20-23(10-11-24-21(18)23)17-7-5-6-13(2)19(17)25-20/h5-9,12,20,24-25H,4,10-11H2,1-3H3/t20-,23-/m0/s1. The van der Waals surface area contributed by atoms with Crippen molar-refractivity contribution in [3.63, 3.8) is 0 Å². The largest absolute Gasteiger partial charge is 0.497 e. The van der Waals surface area contributed by atoms with Gasteiger partial charge < -0.3 is 20.1 Å². The quantitative estimate of drug-likeness (QED) is 0.800. The van der Waals surface area contributed by atoms with Gasteiger partial charge in [0.15, 0.2) is 0 Å². The Bertz CT molecular complexity index is 1030. The SMILES string of the molecule is CCOC(=O)C1=C2NCC[C@@]23c2cccc(C)c2N[C@H]3c2cc(OC)ccc21. The van der Waals surface area contributed by atoms with Gasteiger partial charge in [0.05, 0.1) is 30.7 Å². The highest BCUT2D eigenvalue weighted by Crippen LogP contribution is 2.61. The van der Waals surface area contributed by atoms with E-state index in [1.807, 2.05) is 19.1 Å². The number of esters is 1. The fourth-order valence-corrected chi connectivity index (χ4v) is 5.22. The van der Waals surface area contributed by atoms with E-state index in [0.717, 1.165) is 35.5 Å². The van der Waals surface area contributed by atoms with Crippen LogP contribution in [0.4, 0.5) is 5.69 Å². The number of rotatable bonds is 3. The number of methoxy groups -OCH3 is 1. The maximum Gasteiger partial charge on any atom is 0.340 e. The van der Waals surface area contributed by atoms with Crippen LogP contribution in [0.25, 0.3) is 5.57 Å². The van der Waals surface area contributed by atoms with Crippen molar-refractivity contribution in [2.75, 3.05) is 25.6 Å². The predicted molar refractivity (Wildman–Crippen MR) is 108 cm³/mol. The fourth-order valence-electron chi connectivity index (χ4n) is 5.22. The molecule has 0 amide bonds. The van der Waals surface area contributed by atoms with E-state index < -0.39 is 0 Å². The number of benzene rings is 2. The minimum absolute atomic E-state index is 0.0527. The molecule has 1 saturated heterocycles. The summed E-state index contributed by atoms with van der Waals surface area (Å²) in [7, 11) is 1.67. The number of hydrogen-bond donors (Lipinski definition) is 2. The number of nitrogens with one attached hydrogen (secondary N) is 2. The van der Waals surface area contributed by atoms with Crippen molar-refractivity contribution in [3.8, 4) is 5.75 Å². The van der Waals surface area contributed by atoms with Gasteiger partial charge in [-0.15, -0.1) is 0 Å². The van der Waals surface area contributed by atoms with Crippen LogP contribution >= 0.6 is 0 Å². The summed E-state index contributed by atoms with van der Waals surface area (Å²) in [5, 5.41) is 7.33. The first-order valence-corrected chi connectivity index (χ1v) is 9.82. The van der Waals surface area contributed by atoms with Gasteiger partial charge >= 0.3 is 5.97 Å². The number of carbonyl (C=O) groups is 1. The Hall–Kier alpha value is -2.95. The van der Waals surface area contributed by atoms with Crippen LogP contribution in [-0.2, 0) is 14.9 Å². The Morgan fingerprint density at radius 2 is 2.14 bits per heavy atom. The van der Waals surface area contributed by atoms with Crippen LogP contribution in [-0.4, -0.2) is 26.2 Å². The fraction of sp³-hybridized carbons (Fsp3) is 0.348. The Kier molecular flexibility index (Phi) is 3.69. The smallest absolute Gasteiger partial charge is 0.340 e. The van der Waals surface area contributed by atoms with Gasteiger partial charge in [0, 0.05) is 17.9 Å². The molecule has 0 unspecified atom stereocenters. The molecule has 2 N–H and O–H groups in total. The minimum Gasteiger partial charge on any atom is -0.497 e. The van der Waals surface area contributed by atoms with Crippen molar-refractivity contribution in [2.24, 2.45) is 0 Å². The van der Waals surface area contributed by atoms with Crippen LogP contribution in [0.1, 0.15) is 41.6 Å². The molecule has 28 heavy (non-hydrogen) atoms. The minimum atomic E-state index is -0.289. The topological polar surface area (TPSA) is 59.6 Å². The highest BCUT2D eigenvalue weighted by molar-refractivity contribution is 6.19. The maximum absolute atomic E-state index is 13.1. The molecule has 1 aliphatic carbocycles. The normalized spacial score (nSPS) is 23.8. The van der Waals surface area contributed by atoms with Crippen molar-refractivity contribution in [3.05, 3.63) is 64.3 Å². The Labute approximate surface area is 164 Å². The molecule has 0 aromatic heterocycles. The molecule has 2 atom stereocenters. The van der Waals surface area contributed by atoms with E-state index >= 15 is 0 Å². The van der Waals surface area contributed by atoms with Gasteiger partial charge in [0.2, 0.25) is 0 Å². The summed E-state index contributed by atoms with van der Waals surface area (Å²) in [6, 6.07) is 12.4. The lowest BCUT2D eigenvalue weighted by Gasteiger charge is -2.39. The summed E-state index contributed by atoms with van der Waals surface area (Å²) in [6.45, 7) is 5.15. The molecule has 2 aromatic carbocycles. The second kappa shape index (κ2) is 6.03. The molecule has 2 heterocycles. The van der Waals surface area contributed by atoms with E-state index in [4.69, 9.17) is 9.47 Å². The van der Waals surface area contributed by atoms with Crippen molar-refractivity contribution in [1.29, 1.82) is 0 Å². The van der Waals surface area contributed by atoms with E-state index in [9.17, 15) is 4.79 Å². The van der Waals surface area contributed by atoms with Gasteiger partial charge in [0.25, 0.3) is 0 Å². The van der Waals surface area contributed by atoms with Crippen molar-refractivity contribution in [1.82, 2.24) is 5.32 Å². The summed E-state index contributed by atoms with van der Waals surface area (Å²) >= 11 is 0. The van der Waals surface area contributed by atoms with Crippen LogP contribution in [0.15, 0.2) is 42.1 Å². The van der Waals surface area contributed by atoms with E-state index in [1.54, 1.807) is 7.11 Å². The van der Waals surface area contributed by atoms with Gasteiger partial charge in [-0.25, -0.2) is 4.79 Å². The van der Waals surface area contributed by atoms with Gasteiger partial charge in [-0.05, 0) is 54.7 Å². The highest BCUT2D eigenvalue weighted by atomic mass is 16.5. The first kappa shape index (κ1) is 17.2. The van der Waals surface area contributed by atoms with Crippen molar-refractivity contribution in [2.45, 2.75) is 31.7 Å². The van der Waals surface area contributed by atoms with E-state index in [0.29, 0.717) is 12.2 Å². The van der Waals surface area contributed by atoms with E-state index in [1.165, 1.54) is 16.8 Å². The highest BCUT2D eigenvalue weighted by Gasteiger charge is 2.57. The maximum atomic E-state index is 13.1. The van der Waals surface area contributed by atoms with E-state index in [-0.39, 0.29) is 17.4 Å². The molecular formula is C23H24N2O3. The zero-order valence-electron chi connectivity index (χ0n) is 16.4. The summed E-state index contributed by atoms with van der Waals surface area (Å²) in [6.07, 6.45) is 0.927. The van der Waals surface area contributed by atoms with Gasteiger partial charge in [0.1, 0.15) is 5.75 Å². The number of para-hydroxylation sites is 1. The lowest BCUT2D eigenvalue weighted by Crippen LogP contribution is -2.38. The Morgan fingerprint density at radius 1 is 1.29 bits per heavy atom. The number of anilines is 1. The van der Waals surface area contributed by atoms with Crippen LogP contribution in [0.2, 0.25) is 0 Å². The lowest BCUT2D eigenvalue weighted by atomic mass is 9.65. The molecule has 5 nitrogen and oxygen atoms in total. The summed E-state index contributed by atoms with van der Waals surface area (Å²) in [5.74, 6) is 0.526. The average molecular weight is 376 g/mol. The molecule has 5 heteroatoms. The molecule has 5 rings (SSSR count). The third-order valence-corrected chi connectivity index (χ3v) is 6.37. The molecule has 1 spiro atoms. The van der Waals surface area contributed by atoms with Gasteiger partial charge in [-0.1, -0.05) is 24.3 Å². The van der Waals surface area contributed by atoms with Crippen LogP contribution < -0.4 is 15.4 Å². The molecule has 3 aliphatic rings. The number of ether oxygens (including phenoxy) is 2. The molecule has 0 radical (unpaired) electrons. The van der Waals surface area contributed by atoms with Crippen molar-refractivity contribution < 1.29 is 14.3 Å². The third kappa shape index (κ3) is 2.04. The number of fused-ring (bicyclic) bond motifs is 3. The Balaban J connectivity index is 1.84. The number of hydrogen-bond acceptors (Lipinski definition) is 5. The molecule has 0 saturated carbocycles. The summed E-state index contributed by atoms with van der Waals surface area (Å²) in [5.41, 5.74) is 7.01. The van der Waals surface area contributed by atoms with Gasteiger partial charge in [-0.3, -0.25) is 0 Å². The lowest BCUT2D eigenvalue weighted by molar-refractivity contribution is -0.136. The van der Waals surface area contributed by atoms with Crippen molar-refractivity contribution >= 4 is 17.2 Å². The third-order valence-electron chi connectivity index (χ3n) is 6.37. The summed E-state index contributed by atoms with van der Waals surface area (Å²) < 4.78 is 11.0. The molecular weight excluding hydrogens is 352 g/mol. The zero-order chi connectivity index (χ0) is 19.5. The van der Waals surface area contributed by atoms with Gasteiger partial charge in [-0.2, -0.15) is 0 Å². The average Bonchev–Trinajstić information content (AvgIpc) is 3.28. The van der Waals surface area contributed by atoms with E-state index in [2.05, 4.69) is 41.8 Å². The molecule has 144 valence electrons. The molecule has 1 fully saturated rings. The second-order valence-corrected chi connectivity index (χ2v) is 7.65. The van der Waals surface area contributed by atoms with Crippen LogP contribution in [0.5, 0.6) is 5.75 Å². The number of aryl methyl sites for hydroxylation is 1. The summed E-state index contributed by atoms with van der Waals surface area (Å²) in [4.78, 5) is 13.1.